The predicted molar refractivity (Wildman–Crippen MR) is 95.7 cm³/mol. The first-order valence-electron chi connectivity index (χ1n) is 9.15. The number of imide groups is 1. The van der Waals surface area contributed by atoms with Crippen molar-refractivity contribution in [3.8, 4) is 17.1 Å². The number of amides is 3. The number of benzene rings is 1. The van der Waals surface area contributed by atoms with Gasteiger partial charge in [-0.2, -0.15) is 4.98 Å². The van der Waals surface area contributed by atoms with E-state index in [1.807, 2.05) is 25.1 Å². The highest BCUT2D eigenvalue weighted by molar-refractivity contribution is 6.07. The van der Waals surface area contributed by atoms with Crippen LogP contribution < -0.4 is 10.1 Å². The molecule has 3 amide bonds. The zero-order valence-electron chi connectivity index (χ0n) is 15.4. The molecule has 2 aliphatic rings. The van der Waals surface area contributed by atoms with Crippen LogP contribution in [0, 0.1) is 5.92 Å². The summed E-state index contributed by atoms with van der Waals surface area (Å²) in [5, 5.41) is 6.89. The fourth-order valence-electron chi connectivity index (χ4n) is 4.03. The molecule has 2 heterocycles. The molecule has 2 aromatic rings. The Morgan fingerprint density at radius 2 is 2.15 bits per heavy atom. The van der Waals surface area contributed by atoms with Crippen molar-refractivity contribution in [2.75, 3.05) is 7.11 Å². The number of nitrogens with zero attached hydrogens (tertiary/aromatic N) is 3. The van der Waals surface area contributed by atoms with Crippen molar-refractivity contribution < 1.29 is 18.8 Å². The largest absolute Gasteiger partial charge is 0.496 e. The van der Waals surface area contributed by atoms with E-state index >= 15 is 0 Å². The van der Waals surface area contributed by atoms with E-state index in [0.717, 1.165) is 19.3 Å². The summed E-state index contributed by atoms with van der Waals surface area (Å²) in [5.41, 5.74) is -0.106. The number of methoxy groups -OCH3 is 1. The van der Waals surface area contributed by atoms with Crippen molar-refractivity contribution >= 4 is 11.9 Å². The van der Waals surface area contributed by atoms with Gasteiger partial charge in [0.1, 0.15) is 17.8 Å². The summed E-state index contributed by atoms with van der Waals surface area (Å²) in [6, 6.07) is 6.92. The number of hydrogen-bond acceptors (Lipinski definition) is 6. The molecule has 1 aromatic carbocycles. The van der Waals surface area contributed by atoms with Gasteiger partial charge < -0.3 is 14.6 Å². The van der Waals surface area contributed by atoms with Gasteiger partial charge in [-0.3, -0.25) is 9.69 Å². The average molecular weight is 370 g/mol. The van der Waals surface area contributed by atoms with E-state index in [1.165, 1.54) is 4.90 Å². The van der Waals surface area contributed by atoms with Crippen LogP contribution in [0.3, 0.4) is 0 Å². The summed E-state index contributed by atoms with van der Waals surface area (Å²) in [6.45, 7) is 1.98. The van der Waals surface area contributed by atoms with Gasteiger partial charge in [0.15, 0.2) is 0 Å². The molecule has 4 rings (SSSR count). The molecule has 27 heavy (non-hydrogen) atoms. The van der Waals surface area contributed by atoms with Gasteiger partial charge >= 0.3 is 6.03 Å². The van der Waals surface area contributed by atoms with E-state index in [-0.39, 0.29) is 24.3 Å². The standard InChI is InChI=1S/C19H22N4O4/c1-12-7-5-6-10-19(12)17(24)23(18(25)21-19)11-15-20-16(22-27-15)13-8-3-4-9-14(13)26-2/h3-4,8-9,12H,5-7,10-11H2,1-2H3,(H,21,25)/t12-,19-/m0/s1. The fraction of sp³-hybridized carbons (Fsp3) is 0.474. The molecule has 8 heteroatoms. The van der Waals surface area contributed by atoms with E-state index < -0.39 is 11.6 Å². The maximum Gasteiger partial charge on any atom is 0.325 e. The number of para-hydroxylation sites is 1. The molecule has 2 atom stereocenters. The molecule has 1 spiro atoms. The fourth-order valence-corrected chi connectivity index (χ4v) is 4.03. The minimum atomic E-state index is -0.791. The van der Waals surface area contributed by atoms with Crippen LogP contribution in [0.15, 0.2) is 28.8 Å². The topological polar surface area (TPSA) is 97.6 Å². The van der Waals surface area contributed by atoms with Crippen LogP contribution in [0.4, 0.5) is 4.79 Å². The van der Waals surface area contributed by atoms with Crippen LogP contribution in [0.5, 0.6) is 5.75 Å². The lowest BCUT2D eigenvalue weighted by Crippen LogP contribution is -2.53. The van der Waals surface area contributed by atoms with E-state index in [0.29, 0.717) is 23.6 Å². The third-order valence-electron chi connectivity index (χ3n) is 5.61. The first kappa shape index (κ1) is 17.5. The van der Waals surface area contributed by atoms with Gasteiger partial charge in [-0.15, -0.1) is 0 Å². The quantitative estimate of drug-likeness (QED) is 0.831. The van der Waals surface area contributed by atoms with Crippen LogP contribution in [0.1, 0.15) is 38.5 Å². The molecule has 2 fully saturated rings. The van der Waals surface area contributed by atoms with E-state index in [4.69, 9.17) is 9.26 Å². The lowest BCUT2D eigenvalue weighted by atomic mass is 9.73. The highest BCUT2D eigenvalue weighted by Gasteiger charge is 2.55. The number of aromatic nitrogens is 2. The molecular formula is C19H22N4O4. The Morgan fingerprint density at radius 3 is 2.93 bits per heavy atom. The van der Waals surface area contributed by atoms with Crippen molar-refractivity contribution in [2.24, 2.45) is 5.92 Å². The predicted octanol–water partition coefficient (Wildman–Crippen LogP) is 2.75. The van der Waals surface area contributed by atoms with Gasteiger partial charge in [0, 0.05) is 0 Å². The summed E-state index contributed by atoms with van der Waals surface area (Å²) in [4.78, 5) is 31.0. The zero-order chi connectivity index (χ0) is 19.0. The molecule has 0 radical (unpaired) electrons. The Balaban J connectivity index is 1.56. The van der Waals surface area contributed by atoms with Crippen LogP contribution in [0.2, 0.25) is 0 Å². The zero-order valence-corrected chi connectivity index (χ0v) is 15.4. The van der Waals surface area contributed by atoms with Crippen molar-refractivity contribution in [1.82, 2.24) is 20.4 Å². The normalized spacial score (nSPS) is 25.1. The van der Waals surface area contributed by atoms with Crippen molar-refractivity contribution in [3.63, 3.8) is 0 Å². The summed E-state index contributed by atoms with van der Waals surface area (Å²) in [6.07, 6.45) is 3.62. The minimum absolute atomic E-state index is 0.0404. The Labute approximate surface area is 156 Å². The minimum Gasteiger partial charge on any atom is -0.496 e. The van der Waals surface area contributed by atoms with E-state index in [2.05, 4.69) is 15.5 Å². The van der Waals surface area contributed by atoms with Gasteiger partial charge in [0.25, 0.3) is 5.91 Å². The average Bonchev–Trinajstić information content (AvgIpc) is 3.24. The first-order valence-corrected chi connectivity index (χ1v) is 9.15. The first-order chi connectivity index (χ1) is 13.0. The maximum atomic E-state index is 13.0. The molecule has 1 N–H and O–H groups in total. The number of rotatable bonds is 4. The lowest BCUT2D eigenvalue weighted by molar-refractivity contribution is -0.134. The number of carbonyl (C=O) groups is 2. The molecule has 0 unspecified atom stereocenters. The Bertz CT molecular complexity index is 880. The SMILES string of the molecule is COc1ccccc1-c1noc(CN2C(=O)N[C@]3(CCCC[C@@H]3C)C2=O)n1. The second-order valence-electron chi connectivity index (χ2n) is 7.15. The van der Waals surface area contributed by atoms with Gasteiger partial charge in [-0.05, 0) is 30.9 Å². The molecule has 142 valence electrons. The van der Waals surface area contributed by atoms with Crippen LogP contribution in [0.25, 0.3) is 11.4 Å². The van der Waals surface area contributed by atoms with Gasteiger partial charge in [0.2, 0.25) is 11.7 Å². The van der Waals surface area contributed by atoms with E-state index in [1.54, 1.807) is 13.2 Å². The lowest BCUT2D eigenvalue weighted by Gasteiger charge is -2.36. The van der Waals surface area contributed by atoms with Crippen LogP contribution in [-0.4, -0.2) is 39.6 Å². The van der Waals surface area contributed by atoms with Crippen LogP contribution >= 0.6 is 0 Å². The van der Waals surface area contributed by atoms with Gasteiger partial charge in [0.05, 0.1) is 12.7 Å². The molecular weight excluding hydrogens is 348 g/mol. The van der Waals surface area contributed by atoms with Gasteiger partial charge in [-0.1, -0.05) is 37.1 Å². The Kier molecular flexibility index (Phi) is 4.33. The molecule has 1 aliphatic carbocycles. The van der Waals surface area contributed by atoms with Crippen LogP contribution in [-0.2, 0) is 11.3 Å². The Hall–Kier alpha value is -2.90. The van der Waals surface area contributed by atoms with Crippen molar-refractivity contribution in [1.29, 1.82) is 0 Å². The van der Waals surface area contributed by atoms with Crippen molar-refractivity contribution in [3.05, 3.63) is 30.2 Å². The van der Waals surface area contributed by atoms with Gasteiger partial charge in [-0.25, -0.2) is 4.79 Å². The summed E-state index contributed by atoms with van der Waals surface area (Å²) in [7, 11) is 1.57. The second kappa shape index (κ2) is 6.68. The highest BCUT2D eigenvalue weighted by atomic mass is 16.5. The molecule has 1 aromatic heterocycles. The number of ether oxygens (including phenoxy) is 1. The molecule has 1 saturated carbocycles. The second-order valence-corrected chi connectivity index (χ2v) is 7.15. The van der Waals surface area contributed by atoms with Crippen molar-refractivity contribution in [2.45, 2.75) is 44.7 Å². The monoisotopic (exact) mass is 370 g/mol. The number of hydrogen-bond donors (Lipinski definition) is 1. The number of nitrogens with one attached hydrogen (secondary N) is 1. The van der Waals surface area contributed by atoms with E-state index in [9.17, 15) is 9.59 Å². The molecule has 1 aliphatic heterocycles. The third kappa shape index (κ3) is 2.85. The smallest absolute Gasteiger partial charge is 0.325 e. The summed E-state index contributed by atoms with van der Waals surface area (Å²) in [5.74, 6) is 1.10. The summed E-state index contributed by atoms with van der Waals surface area (Å²) >= 11 is 0. The Morgan fingerprint density at radius 1 is 1.33 bits per heavy atom. The molecule has 1 saturated heterocycles. The molecule has 0 bridgehead atoms. The highest BCUT2D eigenvalue weighted by Crippen LogP contribution is 2.38. The third-order valence-corrected chi connectivity index (χ3v) is 5.61. The molecule has 8 nitrogen and oxygen atoms in total. The number of carbonyl (C=O) groups excluding carboxylic acids is 2. The number of urea groups is 1. The maximum absolute atomic E-state index is 13.0. The summed E-state index contributed by atoms with van der Waals surface area (Å²) < 4.78 is 10.6.